The number of ether oxygens (including phenoxy) is 2. The van der Waals surface area contributed by atoms with Crippen LogP contribution in [-0.4, -0.2) is 86.7 Å². The van der Waals surface area contributed by atoms with E-state index in [0.717, 1.165) is 57.1 Å². The van der Waals surface area contributed by atoms with Gasteiger partial charge in [-0.15, -0.1) is 0 Å². The molecule has 0 spiro atoms. The highest BCUT2D eigenvalue weighted by Gasteiger charge is 2.44. The Kier molecular flexibility index (Phi) is 7.84. The fourth-order valence-electron chi connectivity index (χ4n) is 6.47. The minimum atomic E-state index is 0.0653. The third-order valence-corrected chi connectivity index (χ3v) is 8.72. The summed E-state index contributed by atoms with van der Waals surface area (Å²) in [4.78, 5) is 17.1. The van der Waals surface area contributed by atoms with Crippen molar-refractivity contribution >= 4 is 22.3 Å². The SMILES string of the molecule is CCc1cccc2cccc(N3CCc4c(nc(OCC5(CN(C)C)CC5)nc4N4CCOCC(CO)C4)C3)c12. The maximum Gasteiger partial charge on any atom is 0.318 e. The number of hydrogen-bond acceptors (Lipinski definition) is 8. The van der Waals surface area contributed by atoms with Crippen molar-refractivity contribution in [1.29, 1.82) is 0 Å². The Bertz CT molecular complexity index is 1340. The molecule has 3 heterocycles. The molecule has 1 aromatic heterocycles. The minimum absolute atomic E-state index is 0.0653. The van der Waals surface area contributed by atoms with E-state index in [-0.39, 0.29) is 17.9 Å². The van der Waals surface area contributed by atoms with E-state index in [2.05, 4.69) is 72.1 Å². The van der Waals surface area contributed by atoms with Crippen LogP contribution < -0.4 is 14.5 Å². The van der Waals surface area contributed by atoms with Gasteiger partial charge in [0.1, 0.15) is 5.82 Å². The summed E-state index contributed by atoms with van der Waals surface area (Å²) in [6, 6.07) is 13.7. The Balaban J connectivity index is 1.35. The van der Waals surface area contributed by atoms with E-state index in [9.17, 15) is 5.11 Å². The molecule has 1 saturated heterocycles. The van der Waals surface area contributed by atoms with Crippen LogP contribution in [0.15, 0.2) is 36.4 Å². The standard InChI is InChI=1S/C32H43N5O3/c1-4-24-7-5-8-25-9-6-10-28(29(24)25)36-14-11-26-27(18-36)33-31(40-22-32(12-13-32)21-35(2)3)34-30(26)37-15-16-39-20-23(17-37)19-38/h5-10,23,38H,4,11-22H2,1-3H3. The zero-order valence-electron chi connectivity index (χ0n) is 24.2. The molecular formula is C32H43N5O3. The highest BCUT2D eigenvalue weighted by atomic mass is 16.5. The fourth-order valence-corrected chi connectivity index (χ4v) is 6.47. The zero-order valence-corrected chi connectivity index (χ0v) is 24.2. The highest BCUT2D eigenvalue weighted by molar-refractivity contribution is 5.97. The lowest BCUT2D eigenvalue weighted by molar-refractivity contribution is 0.0959. The molecular weight excluding hydrogens is 502 g/mol. The Labute approximate surface area is 237 Å². The number of aryl methyl sites for hydroxylation is 1. The van der Waals surface area contributed by atoms with Gasteiger partial charge in [0.25, 0.3) is 0 Å². The molecule has 0 bridgehead atoms. The number of benzene rings is 2. The van der Waals surface area contributed by atoms with Crippen molar-refractivity contribution in [3.63, 3.8) is 0 Å². The largest absolute Gasteiger partial charge is 0.463 e. The first-order valence-electron chi connectivity index (χ1n) is 14.8. The van der Waals surface area contributed by atoms with E-state index in [4.69, 9.17) is 19.4 Å². The predicted molar refractivity (Wildman–Crippen MR) is 159 cm³/mol. The average Bonchev–Trinajstić information content (AvgIpc) is 3.77. The van der Waals surface area contributed by atoms with Crippen LogP contribution in [0.3, 0.4) is 0 Å². The molecule has 0 radical (unpaired) electrons. The lowest BCUT2D eigenvalue weighted by Gasteiger charge is -2.34. The summed E-state index contributed by atoms with van der Waals surface area (Å²) in [5.74, 6) is 1.02. The van der Waals surface area contributed by atoms with Crippen molar-refractivity contribution in [2.24, 2.45) is 11.3 Å². The topological polar surface area (TPSA) is 74.2 Å². The molecule has 6 rings (SSSR count). The first-order chi connectivity index (χ1) is 19.5. The van der Waals surface area contributed by atoms with E-state index in [1.54, 1.807) is 0 Å². The van der Waals surface area contributed by atoms with Gasteiger partial charge in [0, 0.05) is 60.8 Å². The van der Waals surface area contributed by atoms with E-state index in [1.165, 1.54) is 40.4 Å². The number of aromatic nitrogens is 2. The van der Waals surface area contributed by atoms with Crippen molar-refractivity contribution in [2.75, 3.05) is 76.5 Å². The molecule has 8 heteroatoms. The second kappa shape index (κ2) is 11.5. The fraction of sp³-hybridized carbons (Fsp3) is 0.562. The molecule has 0 amide bonds. The summed E-state index contributed by atoms with van der Waals surface area (Å²) in [7, 11) is 4.25. The number of rotatable bonds is 9. The van der Waals surface area contributed by atoms with Gasteiger partial charge in [0.2, 0.25) is 0 Å². The van der Waals surface area contributed by atoms with Crippen LogP contribution >= 0.6 is 0 Å². The van der Waals surface area contributed by atoms with Crippen molar-refractivity contribution in [1.82, 2.24) is 14.9 Å². The van der Waals surface area contributed by atoms with Crippen LogP contribution in [0.25, 0.3) is 10.8 Å². The summed E-state index contributed by atoms with van der Waals surface area (Å²) in [6.07, 6.45) is 4.22. The summed E-state index contributed by atoms with van der Waals surface area (Å²) < 4.78 is 12.2. The van der Waals surface area contributed by atoms with E-state index < -0.39 is 0 Å². The summed E-state index contributed by atoms with van der Waals surface area (Å²) >= 11 is 0. The molecule has 2 aromatic carbocycles. The smallest absolute Gasteiger partial charge is 0.318 e. The predicted octanol–water partition coefficient (Wildman–Crippen LogP) is 3.92. The van der Waals surface area contributed by atoms with Crippen molar-refractivity contribution in [3.8, 4) is 6.01 Å². The third-order valence-electron chi connectivity index (χ3n) is 8.72. The monoisotopic (exact) mass is 545 g/mol. The molecule has 1 saturated carbocycles. The number of fused-ring (bicyclic) bond motifs is 2. The van der Waals surface area contributed by atoms with Gasteiger partial charge in [-0.25, -0.2) is 0 Å². The normalized spacial score (nSPS) is 20.5. The van der Waals surface area contributed by atoms with Gasteiger partial charge in [-0.1, -0.05) is 37.3 Å². The molecule has 8 nitrogen and oxygen atoms in total. The number of aliphatic hydroxyl groups excluding tert-OH is 1. The molecule has 2 fully saturated rings. The number of hydrogen-bond donors (Lipinski definition) is 1. The summed E-state index contributed by atoms with van der Waals surface area (Å²) in [6.45, 7) is 8.27. The molecule has 2 aliphatic heterocycles. The van der Waals surface area contributed by atoms with Crippen LogP contribution in [0, 0.1) is 11.3 Å². The van der Waals surface area contributed by atoms with Crippen LogP contribution in [-0.2, 0) is 24.1 Å². The van der Waals surface area contributed by atoms with Gasteiger partial charge < -0.3 is 29.3 Å². The van der Waals surface area contributed by atoms with Crippen LogP contribution in [0.2, 0.25) is 0 Å². The maximum absolute atomic E-state index is 9.94. The first kappa shape index (κ1) is 27.2. The molecule has 214 valence electrons. The Morgan fingerprint density at radius 1 is 1.10 bits per heavy atom. The van der Waals surface area contributed by atoms with Gasteiger partial charge in [-0.05, 0) is 56.8 Å². The Morgan fingerprint density at radius 2 is 1.93 bits per heavy atom. The van der Waals surface area contributed by atoms with Crippen LogP contribution in [0.1, 0.15) is 36.6 Å². The second-order valence-corrected chi connectivity index (χ2v) is 12.2. The number of anilines is 2. The van der Waals surface area contributed by atoms with E-state index >= 15 is 0 Å². The van der Waals surface area contributed by atoms with Gasteiger partial charge in [0.15, 0.2) is 0 Å². The summed E-state index contributed by atoms with van der Waals surface area (Å²) in [5, 5.41) is 12.6. The lowest BCUT2D eigenvalue weighted by Crippen LogP contribution is -2.37. The average molecular weight is 546 g/mol. The molecule has 1 unspecified atom stereocenters. The van der Waals surface area contributed by atoms with Gasteiger partial charge in [0.05, 0.1) is 32.1 Å². The van der Waals surface area contributed by atoms with Crippen molar-refractivity contribution in [2.45, 2.75) is 39.2 Å². The summed E-state index contributed by atoms with van der Waals surface area (Å²) in [5.41, 5.74) is 5.09. The lowest BCUT2D eigenvalue weighted by atomic mass is 9.98. The van der Waals surface area contributed by atoms with E-state index in [0.29, 0.717) is 25.8 Å². The molecule has 1 atom stereocenters. The van der Waals surface area contributed by atoms with Gasteiger partial charge in [-0.2, -0.15) is 9.97 Å². The minimum Gasteiger partial charge on any atom is -0.463 e. The Hall–Kier alpha value is -2.94. The maximum atomic E-state index is 9.94. The number of nitrogens with zero attached hydrogens (tertiary/aromatic N) is 5. The molecule has 3 aliphatic rings. The van der Waals surface area contributed by atoms with E-state index in [1.807, 2.05) is 0 Å². The highest BCUT2D eigenvalue weighted by Crippen LogP contribution is 2.46. The van der Waals surface area contributed by atoms with Crippen molar-refractivity contribution in [3.05, 3.63) is 53.2 Å². The van der Waals surface area contributed by atoms with Crippen LogP contribution in [0.4, 0.5) is 11.5 Å². The number of aliphatic hydroxyl groups is 1. The molecule has 1 N–H and O–H groups in total. The van der Waals surface area contributed by atoms with Gasteiger partial charge in [-0.3, -0.25) is 0 Å². The van der Waals surface area contributed by atoms with Crippen LogP contribution in [0.5, 0.6) is 6.01 Å². The molecule has 1 aliphatic carbocycles. The first-order valence-corrected chi connectivity index (χ1v) is 14.8. The molecule has 40 heavy (non-hydrogen) atoms. The zero-order chi connectivity index (χ0) is 27.7. The Morgan fingerprint density at radius 3 is 2.67 bits per heavy atom. The van der Waals surface area contributed by atoms with Gasteiger partial charge >= 0.3 is 6.01 Å². The second-order valence-electron chi connectivity index (χ2n) is 12.2. The third kappa shape index (κ3) is 5.62. The quantitative estimate of drug-likeness (QED) is 0.434. The van der Waals surface area contributed by atoms with Crippen molar-refractivity contribution < 1.29 is 14.6 Å². The molecule has 3 aromatic rings.